The lowest BCUT2D eigenvalue weighted by molar-refractivity contribution is 0.589. The van der Waals surface area contributed by atoms with Gasteiger partial charge in [0.1, 0.15) is 11.2 Å². The molecule has 0 aliphatic carbocycles. The van der Waals surface area contributed by atoms with Crippen molar-refractivity contribution in [3.63, 3.8) is 0 Å². The summed E-state index contributed by atoms with van der Waals surface area (Å²) in [6, 6.07) is 52.9. The van der Waals surface area contributed by atoms with Crippen LogP contribution in [0.3, 0.4) is 0 Å². The van der Waals surface area contributed by atoms with E-state index in [1.54, 1.807) is 0 Å². The van der Waals surface area contributed by atoms with Gasteiger partial charge in [0.25, 0.3) is 6.71 Å². The minimum atomic E-state index is -0.111. The van der Waals surface area contributed by atoms with Crippen molar-refractivity contribution < 1.29 is 4.42 Å². The first kappa shape index (κ1) is 40.1. The van der Waals surface area contributed by atoms with Gasteiger partial charge in [-0.05, 0) is 120 Å². The molecule has 0 saturated heterocycles. The molecule has 0 saturated carbocycles. The molecule has 0 amide bonds. The molecule has 0 fully saturated rings. The number of anilines is 6. The fourth-order valence-corrected chi connectivity index (χ4v) is 9.83. The molecule has 10 rings (SSSR count). The van der Waals surface area contributed by atoms with E-state index in [9.17, 15) is 0 Å². The van der Waals surface area contributed by atoms with Crippen LogP contribution >= 0.6 is 0 Å². The van der Waals surface area contributed by atoms with E-state index in [2.05, 4.69) is 226 Å². The molecule has 0 radical (unpaired) electrons. The van der Waals surface area contributed by atoms with Gasteiger partial charge >= 0.3 is 0 Å². The molecule has 0 spiro atoms. The summed E-state index contributed by atoms with van der Waals surface area (Å²) in [4.78, 5) is 5.13. The Hall–Kier alpha value is -6.00. The van der Waals surface area contributed by atoms with E-state index in [0.717, 1.165) is 38.8 Å². The van der Waals surface area contributed by atoms with Gasteiger partial charge in [0.15, 0.2) is 0 Å². The Bertz CT molecular complexity index is 3070. The highest BCUT2D eigenvalue weighted by atomic mass is 16.3. The van der Waals surface area contributed by atoms with Gasteiger partial charge in [0.2, 0.25) is 0 Å². The van der Waals surface area contributed by atoms with Crippen molar-refractivity contribution in [3.8, 4) is 11.1 Å². The first-order valence-electron chi connectivity index (χ1n) is 22.5. The van der Waals surface area contributed by atoms with Crippen LogP contribution in [0.1, 0.15) is 105 Å². The quantitative estimate of drug-likeness (QED) is 0.166. The summed E-state index contributed by atoms with van der Waals surface area (Å²) < 4.78 is 6.61. The van der Waals surface area contributed by atoms with Crippen LogP contribution in [0.15, 0.2) is 144 Å². The van der Waals surface area contributed by atoms with E-state index in [1.165, 1.54) is 67.1 Å². The third-order valence-corrected chi connectivity index (χ3v) is 13.5. The van der Waals surface area contributed by atoms with Crippen LogP contribution in [0.5, 0.6) is 0 Å². The number of hydrogen-bond acceptors (Lipinski definition) is 3. The maximum absolute atomic E-state index is 6.61. The first-order valence-corrected chi connectivity index (χ1v) is 22.5. The molecule has 62 heavy (non-hydrogen) atoms. The van der Waals surface area contributed by atoms with Crippen LogP contribution in [0.2, 0.25) is 0 Å². The number of hydrogen-bond donors (Lipinski definition) is 0. The van der Waals surface area contributed by atoms with Gasteiger partial charge in [0, 0.05) is 50.5 Å². The summed E-state index contributed by atoms with van der Waals surface area (Å²) in [5.74, 6) is 0. The molecule has 0 unspecified atom stereocenters. The molecule has 310 valence electrons. The SMILES string of the molecule is CC(C)(C)c1ccc(N2c3ccc(C(C)(C)C)cc3B3c4cc(C(C)(C)C)ccc4N(c4cccc(-c5cccc6c5oc5ccccc56)c4)c4cc(C(C)(C)C)cc2c43)cc1. The normalized spacial score (nSPS) is 14.0. The molecule has 7 aromatic carbocycles. The third kappa shape index (κ3) is 6.48. The first-order chi connectivity index (χ1) is 29.3. The maximum Gasteiger partial charge on any atom is 0.252 e. The summed E-state index contributed by atoms with van der Waals surface area (Å²) in [6.45, 7) is 28.0. The van der Waals surface area contributed by atoms with Gasteiger partial charge in [-0.25, -0.2) is 0 Å². The Morgan fingerprint density at radius 3 is 1.50 bits per heavy atom. The Morgan fingerprint density at radius 1 is 0.403 bits per heavy atom. The molecular weight excluding hydrogens is 751 g/mol. The van der Waals surface area contributed by atoms with Crippen molar-refractivity contribution in [2.45, 2.75) is 105 Å². The second kappa shape index (κ2) is 13.8. The summed E-state index contributed by atoms with van der Waals surface area (Å²) >= 11 is 0. The van der Waals surface area contributed by atoms with E-state index < -0.39 is 0 Å². The van der Waals surface area contributed by atoms with Crippen LogP contribution in [0, 0.1) is 0 Å². The van der Waals surface area contributed by atoms with E-state index in [4.69, 9.17) is 4.42 Å². The number of benzene rings is 7. The zero-order valence-corrected chi connectivity index (χ0v) is 38.7. The van der Waals surface area contributed by atoms with Crippen LogP contribution in [-0.2, 0) is 21.7 Å². The summed E-state index contributed by atoms with van der Waals surface area (Å²) in [5, 5.41) is 2.28. The molecule has 0 atom stereocenters. The molecule has 1 aromatic heterocycles. The van der Waals surface area contributed by atoms with Crippen molar-refractivity contribution in [1.29, 1.82) is 0 Å². The number of nitrogens with zero attached hydrogens (tertiary/aromatic N) is 2. The second-order valence-corrected chi connectivity index (χ2v) is 22.0. The molecule has 0 N–H and O–H groups in total. The van der Waals surface area contributed by atoms with Crippen molar-refractivity contribution in [1.82, 2.24) is 0 Å². The van der Waals surface area contributed by atoms with Gasteiger partial charge in [-0.3, -0.25) is 0 Å². The zero-order chi connectivity index (χ0) is 43.7. The average molecular weight is 811 g/mol. The highest BCUT2D eigenvalue weighted by Gasteiger charge is 2.45. The smallest absolute Gasteiger partial charge is 0.252 e. The lowest BCUT2D eigenvalue weighted by Gasteiger charge is -2.45. The van der Waals surface area contributed by atoms with Gasteiger partial charge in [-0.1, -0.05) is 168 Å². The fraction of sp³-hybridized carbons (Fsp3) is 0.276. The third-order valence-electron chi connectivity index (χ3n) is 13.5. The van der Waals surface area contributed by atoms with Crippen LogP contribution in [-0.4, -0.2) is 6.71 Å². The fourth-order valence-electron chi connectivity index (χ4n) is 9.83. The van der Waals surface area contributed by atoms with Crippen molar-refractivity contribution in [2.75, 3.05) is 9.80 Å². The van der Waals surface area contributed by atoms with Gasteiger partial charge < -0.3 is 14.2 Å². The number of para-hydroxylation sites is 2. The van der Waals surface area contributed by atoms with E-state index in [-0.39, 0.29) is 28.4 Å². The van der Waals surface area contributed by atoms with Gasteiger partial charge in [-0.2, -0.15) is 0 Å². The largest absolute Gasteiger partial charge is 0.455 e. The Kier molecular flexibility index (Phi) is 8.89. The molecule has 4 heteroatoms. The molecule has 2 aliphatic rings. The zero-order valence-electron chi connectivity index (χ0n) is 38.7. The van der Waals surface area contributed by atoms with Gasteiger partial charge in [-0.15, -0.1) is 0 Å². The maximum atomic E-state index is 6.61. The van der Waals surface area contributed by atoms with E-state index >= 15 is 0 Å². The van der Waals surface area contributed by atoms with E-state index in [1.807, 2.05) is 6.07 Å². The monoisotopic (exact) mass is 810 g/mol. The minimum Gasteiger partial charge on any atom is -0.455 e. The molecule has 8 aromatic rings. The molecule has 3 nitrogen and oxygen atoms in total. The predicted molar refractivity (Wildman–Crippen MR) is 268 cm³/mol. The van der Waals surface area contributed by atoms with Gasteiger partial charge in [0.05, 0.1) is 0 Å². The summed E-state index contributed by atoms with van der Waals surface area (Å²) in [7, 11) is 0. The van der Waals surface area contributed by atoms with Crippen LogP contribution in [0.4, 0.5) is 34.1 Å². The lowest BCUT2D eigenvalue weighted by atomic mass is 9.33. The predicted octanol–water partition coefficient (Wildman–Crippen LogP) is 14.5. The number of furan rings is 1. The standard InChI is InChI=1S/C58H59BN2O/c1-55(2,3)37-23-27-41(28-24-37)60-48-29-25-38(56(4,5)6)32-46(48)59-47-33-39(57(7,8)9)26-30-49(47)61(51-35-40(58(10,11)12)34-50(60)53(51)59)42-18-15-17-36(31-42)43-20-16-21-45-44-19-13-14-22-52(44)62-54(43)45/h13-35H,1-12H3. The minimum absolute atomic E-state index is 0.0205. The Balaban J connectivity index is 1.28. The lowest BCUT2D eigenvalue weighted by Crippen LogP contribution is -2.61. The number of fused-ring (bicyclic) bond motifs is 7. The van der Waals surface area contributed by atoms with E-state index in [0.29, 0.717) is 0 Å². The highest BCUT2D eigenvalue weighted by molar-refractivity contribution is 7.00. The molecule has 3 heterocycles. The van der Waals surface area contributed by atoms with Crippen molar-refractivity contribution in [2.24, 2.45) is 0 Å². The Labute approximate surface area is 369 Å². The summed E-state index contributed by atoms with van der Waals surface area (Å²) in [6.07, 6.45) is 0. The molecular formula is C58H59BN2O. The molecule has 2 aliphatic heterocycles. The van der Waals surface area contributed by atoms with Crippen LogP contribution in [0.25, 0.3) is 33.1 Å². The average Bonchev–Trinajstić information content (AvgIpc) is 3.61. The van der Waals surface area contributed by atoms with Crippen molar-refractivity contribution >= 4 is 79.2 Å². The number of rotatable bonds is 3. The Morgan fingerprint density at radius 2 is 0.919 bits per heavy atom. The topological polar surface area (TPSA) is 19.6 Å². The second-order valence-electron chi connectivity index (χ2n) is 22.0. The highest BCUT2D eigenvalue weighted by Crippen LogP contribution is 2.48. The molecule has 0 bridgehead atoms. The van der Waals surface area contributed by atoms with Crippen molar-refractivity contribution in [3.05, 3.63) is 162 Å². The van der Waals surface area contributed by atoms with Crippen LogP contribution < -0.4 is 26.2 Å². The summed E-state index contributed by atoms with van der Waals surface area (Å²) in [5.41, 5.74) is 20.6.